The molecule has 0 spiro atoms. The first-order valence-corrected chi connectivity index (χ1v) is 9.41. The van der Waals surface area contributed by atoms with Crippen LogP contribution in [0.4, 0.5) is 0 Å². The van der Waals surface area contributed by atoms with Crippen molar-refractivity contribution in [2.75, 3.05) is 0 Å². The number of benzene rings is 2. The zero-order valence-electron chi connectivity index (χ0n) is 16.1. The third kappa shape index (κ3) is 4.00. The van der Waals surface area contributed by atoms with Crippen LogP contribution >= 0.6 is 0 Å². The quantitative estimate of drug-likeness (QED) is 0.740. The van der Waals surface area contributed by atoms with Crippen molar-refractivity contribution in [3.05, 3.63) is 71.8 Å². The lowest BCUT2D eigenvalue weighted by molar-refractivity contribution is -0.201. The van der Waals surface area contributed by atoms with Crippen LogP contribution in [-0.4, -0.2) is 48.5 Å². The molecule has 2 aliphatic heterocycles. The molecule has 0 radical (unpaired) electrons. The van der Waals surface area contributed by atoms with Crippen LogP contribution in [0.2, 0.25) is 0 Å². The third-order valence-corrected chi connectivity index (χ3v) is 4.87. The van der Waals surface area contributed by atoms with Gasteiger partial charge in [-0.2, -0.15) is 0 Å². The summed E-state index contributed by atoms with van der Waals surface area (Å²) in [6, 6.07) is 17.2. The minimum Gasteiger partial charge on any atom is -0.469 e. The Hall–Kier alpha value is -3.19. The zero-order chi connectivity index (χ0) is 20.4. The molecule has 4 rings (SSSR count). The molecule has 0 saturated carbocycles. The number of fused-ring (bicyclic) bond motifs is 1. The lowest BCUT2D eigenvalue weighted by atomic mass is 9.98. The summed E-state index contributed by atoms with van der Waals surface area (Å²) in [6.07, 6.45) is -3.57. The van der Waals surface area contributed by atoms with Crippen LogP contribution in [0.3, 0.4) is 0 Å². The summed E-state index contributed by atoms with van der Waals surface area (Å²) >= 11 is 0. The average molecular weight is 395 g/mol. The van der Waals surface area contributed by atoms with E-state index in [9.17, 15) is 9.59 Å². The molecule has 7 nitrogen and oxygen atoms in total. The Bertz CT molecular complexity index is 913. The van der Waals surface area contributed by atoms with E-state index in [0.717, 1.165) is 0 Å². The zero-order valence-corrected chi connectivity index (χ0v) is 16.1. The fraction of sp³-hybridized carbons (Fsp3) is 0.318. The number of hydrogen-bond acceptors (Lipinski definition) is 7. The predicted octanol–water partition coefficient (Wildman–Crippen LogP) is 3.00. The molecule has 0 bridgehead atoms. The van der Waals surface area contributed by atoms with E-state index in [0.29, 0.717) is 17.0 Å². The molecular formula is C22H21NO6. The number of rotatable bonds is 4. The molecule has 29 heavy (non-hydrogen) atoms. The fourth-order valence-corrected chi connectivity index (χ4v) is 3.46. The summed E-state index contributed by atoms with van der Waals surface area (Å²) in [6.45, 7) is 3.46. The van der Waals surface area contributed by atoms with Gasteiger partial charge in [-0.1, -0.05) is 36.4 Å². The summed E-state index contributed by atoms with van der Waals surface area (Å²) in [5.41, 5.74) is 0.793. The molecule has 2 aromatic rings. The molecule has 1 saturated heterocycles. The highest BCUT2D eigenvalue weighted by Gasteiger charge is 2.52. The van der Waals surface area contributed by atoms with Crippen LogP contribution in [0.15, 0.2) is 65.7 Å². The van der Waals surface area contributed by atoms with Gasteiger partial charge in [-0.05, 0) is 31.2 Å². The second-order valence-electron chi connectivity index (χ2n) is 6.93. The normalized spacial score (nSPS) is 27.9. The van der Waals surface area contributed by atoms with E-state index in [1.54, 1.807) is 62.4 Å². The maximum atomic E-state index is 12.7. The van der Waals surface area contributed by atoms with Crippen LogP contribution < -0.4 is 0 Å². The Kier molecular flexibility index (Phi) is 5.31. The van der Waals surface area contributed by atoms with E-state index in [-0.39, 0.29) is 0 Å². The summed E-state index contributed by atoms with van der Waals surface area (Å²) in [5, 5.41) is 0. The second-order valence-corrected chi connectivity index (χ2v) is 6.93. The minimum absolute atomic E-state index is 0.395. The Labute approximate surface area is 168 Å². The standard InChI is InChI=1S/C22H21NO6/c1-13-17(28-21(24)15-9-5-3-6-10-15)18(19-20(26-13)23-14(2)27-19)29-22(25)16-11-7-4-8-12-16/h3-13,17-20H,1-2H3/t13-,17+,18+,19-,20+/m1/s1. The molecule has 2 heterocycles. The average Bonchev–Trinajstić information content (AvgIpc) is 3.11. The Morgan fingerprint density at radius 3 is 1.93 bits per heavy atom. The molecule has 0 aromatic heterocycles. The summed E-state index contributed by atoms with van der Waals surface area (Å²) in [5.74, 6) is -0.624. The van der Waals surface area contributed by atoms with Gasteiger partial charge < -0.3 is 18.9 Å². The van der Waals surface area contributed by atoms with Crippen LogP contribution in [0, 0.1) is 0 Å². The molecule has 2 aromatic carbocycles. The smallest absolute Gasteiger partial charge is 0.338 e. The Balaban J connectivity index is 1.58. The number of ether oxygens (including phenoxy) is 4. The van der Waals surface area contributed by atoms with Gasteiger partial charge in [-0.3, -0.25) is 0 Å². The molecular weight excluding hydrogens is 374 g/mol. The number of carbonyl (C=O) groups excluding carboxylic acids is 2. The van der Waals surface area contributed by atoms with Gasteiger partial charge in [0, 0.05) is 6.92 Å². The van der Waals surface area contributed by atoms with Crippen LogP contribution in [-0.2, 0) is 18.9 Å². The van der Waals surface area contributed by atoms with Gasteiger partial charge in [-0.15, -0.1) is 0 Å². The number of carbonyl (C=O) groups is 2. The van der Waals surface area contributed by atoms with Gasteiger partial charge in [-0.25, -0.2) is 14.6 Å². The molecule has 2 aliphatic rings. The van der Waals surface area contributed by atoms with Gasteiger partial charge in [0.2, 0.25) is 0 Å². The number of esters is 2. The topological polar surface area (TPSA) is 83.4 Å². The van der Waals surface area contributed by atoms with Crippen LogP contribution in [0.25, 0.3) is 0 Å². The monoisotopic (exact) mass is 395 g/mol. The van der Waals surface area contributed by atoms with Crippen LogP contribution in [0.5, 0.6) is 0 Å². The molecule has 5 atom stereocenters. The highest BCUT2D eigenvalue weighted by molar-refractivity contribution is 5.90. The van der Waals surface area contributed by atoms with Gasteiger partial charge in [0.25, 0.3) is 0 Å². The summed E-state index contributed by atoms with van der Waals surface area (Å²) in [4.78, 5) is 29.6. The number of hydrogen-bond donors (Lipinski definition) is 0. The molecule has 0 N–H and O–H groups in total. The SMILES string of the molecule is CC1=N[C@H]2O[C@H](C)[C@H](OC(=O)c3ccccc3)[C@H](OC(=O)c3ccccc3)[C@H]2O1. The molecule has 7 heteroatoms. The van der Waals surface area contributed by atoms with Crippen molar-refractivity contribution in [3.63, 3.8) is 0 Å². The molecule has 0 aliphatic carbocycles. The predicted molar refractivity (Wildman–Crippen MR) is 104 cm³/mol. The highest BCUT2D eigenvalue weighted by atomic mass is 16.7. The van der Waals surface area contributed by atoms with Crippen LogP contribution in [0.1, 0.15) is 34.6 Å². The Morgan fingerprint density at radius 1 is 0.862 bits per heavy atom. The Morgan fingerprint density at radius 2 is 1.38 bits per heavy atom. The van der Waals surface area contributed by atoms with Crippen molar-refractivity contribution < 1.29 is 28.5 Å². The molecule has 1 fully saturated rings. The lowest BCUT2D eigenvalue weighted by Gasteiger charge is -2.40. The second kappa shape index (κ2) is 8.05. The van der Waals surface area contributed by atoms with E-state index >= 15 is 0 Å². The molecule has 0 amide bonds. The van der Waals surface area contributed by atoms with Crippen molar-refractivity contribution in [2.45, 2.75) is 44.5 Å². The maximum Gasteiger partial charge on any atom is 0.338 e. The fourth-order valence-electron chi connectivity index (χ4n) is 3.46. The van der Waals surface area contributed by atoms with E-state index in [4.69, 9.17) is 18.9 Å². The van der Waals surface area contributed by atoms with Gasteiger partial charge in [0.05, 0.1) is 17.2 Å². The van der Waals surface area contributed by atoms with E-state index < -0.39 is 42.6 Å². The van der Waals surface area contributed by atoms with E-state index in [1.807, 2.05) is 12.1 Å². The van der Waals surface area contributed by atoms with Gasteiger partial charge >= 0.3 is 11.9 Å². The van der Waals surface area contributed by atoms with Gasteiger partial charge in [0.15, 0.2) is 30.4 Å². The number of nitrogens with zero attached hydrogens (tertiary/aromatic N) is 1. The van der Waals surface area contributed by atoms with Crippen molar-refractivity contribution >= 4 is 17.8 Å². The summed E-state index contributed by atoms with van der Waals surface area (Å²) in [7, 11) is 0. The third-order valence-electron chi connectivity index (χ3n) is 4.87. The van der Waals surface area contributed by atoms with E-state index in [1.165, 1.54) is 0 Å². The van der Waals surface area contributed by atoms with Crippen molar-refractivity contribution in [2.24, 2.45) is 4.99 Å². The van der Waals surface area contributed by atoms with E-state index in [2.05, 4.69) is 4.99 Å². The van der Waals surface area contributed by atoms with Crippen molar-refractivity contribution in [1.82, 2.24) is 0 Å². The van der Waals surface area contributed by atoms with Crippen molar-refractivity contribution in [1.29, 1.82) is 0 Å². The first-order valence-electron chi connectivity index (χ1n) is 9.41. The first-order chi connectivity index (χ1) is 14.0. The first kappa shape index (κ1) is 19.1. The minimum atomic E-state index is -0.870. The highest BCUT2D eigenvalue weighted by Crippen LogP contribution is 2.33. The van der Waals surface area contributed by atoms with Gasteiger partial charge in [0.1, 0.15) is 0 Å². The lowest BCUT2D eigenvalue weighted by Crippen LogP contribution is -2.58. The molecule has 150 valence electrons. The maximum absolute atomic E-state index is 12.7. The largest absolute Gasteiger partial charge is 0.469 e. The number of aliphatic imine (C=N–C) groups is 1. The summed E-state index contributed by atoms with van der Waals surface area (Å²) < 4.78 is 23.1. The molecule has 0 unspecified atom stereocenters. The van der Waals surface area contributed by atoms with Crippen molar-refractivity contribution in [3.8, 4) is 0 Å².